The van der Waals surface area contributed by atoms with Gasteiger partial charge in [0.05, 0.1) is 14.2 Å². The van der Waals surface area contributed by atoms with Crippen LogP contribution in [0.1, 0.15) is 18.4 Å². The van der Waals surface area contributed by atoms with Crippen LogP contribution >= 0.6 is 15.9 Å². The second-order valence-electron chi connectivity index (χ2n) is 5.30. The highest BCUT2D eigenvalue weighted by Gasteiger charge is 2.22. The Morgan fingerprint density at radius 3 is 2.25 bits per heavy atom. The lowest BCUT2D eigenvalue weighted by Crippen LogP contribution is -2.28. The van der Waals surface area contributed by atoms with Gasteiger partial charge < -0.3 is 9.47 Å². The molecule has 1 N–H and O–H groups in total. The summed E-state index contributed by atoms with van der Waals surface area (Å²) in [7, 11) is -0.720. The van der Waals surface area contributed by atoms with Crippen LogP contribution in [0.4, 0.5) is 0 Å². The molecule has 0 saturated heterocycles. The highest BCUT2D eigenvalue weighted by molar-refractivity contribution is 9.10. The van der Waals surface area contributed by atoms with Crippen molar-refractivity contribution in [2.24, 2.45) is 0 Å². The zero-order valence-corrected chi connectivity index (χ0v) is 16.1. The minimum absolute atomic E-state index is 0.0555. The fourth-order valence-electron chi connectivity index (χ4n) is 2.25. The van der Waals surface area contributed by atoms with Crippen LogP contribution in [0.3, 0.4) is 0 Å². The van der Waals surface area contributed by atoms with Gasteiger partial charge in [-0.2, -0.15) is 0 Å². The molecule has 0 aliphatic rings. The molecule has 0 aliphatic carbocycles. The normalized spacial score (nSPS) is 12.7. The smallest absolute Gasteiger partial charge is 0.241 e. The molecule has 2 rings (SSSR count). The van der Waals surface area contributed by atoms with Gasteiger partial charge in [0.2, 0.25) is 10.0 Å². The van der Waals surface area contributed by atoms with Crippen molar-refractivity contribution in [2.45, 2.75) is 17.7 Å². The third-order valence-electron chi connectivity index (χ3n) is 3.68. The molecule has 24 heavy (non-hydrogen) atoms. The van der Waals surface area contributed by atoms with Crippen LogP contribution in [0.25, 0.3) is 0 Å². The van der Waals surface area contributed by atoms with E-state index in [9.17, 15) is 8.42 Å². The largest absolute Gasteiger partial charge is 0.493 e. The molecule has 0 fully saturated rings. The van der Waals surface area contributed by atoms with Crippen molar-refractivity contribution < 1.29 is 17.9 Å². The van der Waals surface area contributed by atoms with Crippen LogP contribution in [0.5, 0.6) is 11.5 Å². The Balaban J connectivity index is 2.21. The topological polar surface area (TPSA) is 64.6 Å². The maximum Gasteiger partial charge on any atom is 0.241 e. The highest BCUT2D eigenvalue weighted by atomic mass is 79.9. The van der Waals surface area contributed by atoms with E-state index in [-0.39, 0.29) is 10.8 Å². The number of rotatable bonds is 7. The summed E-state index contributed by atoms with van der Waals surface area (Å²) >= 11 is 3.28. The van der Waals surface area contributed by atoms with E-state index in [2.05, 4.69) is 20.7 Å². The number of hydrogen-bond acceptors (Lipinski definition) is 4. The molecule has 0 heterocycles. The van der Waals surface area contributed by atoms with Crippen LogP contribution in [0.2, 0.25) is 0 Å². The molecular formula is C17H20BrNO4S. The molecule has 130 valence electrons. The molecule has 0 saturated carbocycles. The number of hydrogen-bond donors (Lipinski definition) is 1. The summed E-state index contributed by atoms with van der Waals surface area (Å²) in [5.74, 6) is 0.873. The van der Waals surface area contributed by atoms with E-state index in [1.807, 2.05) is 37.3 Å². The zero-order valence-electron chi connectivity index (χ0n) is 13.7. The summed E-state index contributed by atoms with van der Waals surface area (Å²) in [5, 5.41) is 0. The van der Waals surface area contributed by atoms with E-state index in [1.165, 1.54) is 20.3 Å². The number of benzene rings is 2. The first-order chi connectivity index (χ1) is 11.4. The minimum Gasteiger partial charge on any atom is -0.493 e. The van der Waals surface area contributed by atoms with Gasteiger partial charge in [0.1, 0.15) is 4.90 Å². The van der Waals surface area contributed by atoms with Gasteiger partial charge in [-0.25, -0.2) is 13.1 Å². The van der Waals surface area contributed by atoms with Crippen LogP contribution in [-0.2, 0) is 10.0 Å². The van der Waals surface area contributed by atoms with E-state index in [0.29, 0.717) is 22.5 Å². The lowest BCUT2D eigenvalue weighted by molar-refractivity contribution is 0.353. The van der Waals surface area contributed by atoms with Crippen molar-refractivity contribution in [1.82, 2.24) is 4.72 Å². The molecule has 0 aliphatic heterocycles. The Morgan fingerprint density at radius 1 is 1.08 bits per heavy atom. The number of methoxy groups -OCH3 is 2. The predicted octanol–water partition coefficient (Wildman–Crippen LogP) is 3.55. The van der Waals surface area contributed by atoms with Crippen molar-refractivity contribution in [3.63, 3.8) is 0 Å². The van der Waals surface area contributed by atoms with Crippen LogP contribution < -0.4 is 14.2 Å². The molecule has 0 radical (unpaired) electrons. The lowest BCUT2D eigenvalue weighted by atomic mass is 10.0. The lowest BCUT2D eigenvalue weighted by Gasteiger charge is -2.15. The van der Waals surface area contributed by atoms with Gasteiger partial charge in [0, 0.05) is 17.1 Å². The second kappa shape index (κ2) is 8.00. The number of ether oxygens (including phenoxy) is 2. The fourth-order valence-corrected chi connectivity index (χ4v) is 4.42. The summed E-state index contributed by atoms with van der Waals surface area (Å²) < 4.78 is 38.7. The molecule has 0 aromatic heterocycles. The highest BCUT2D eigenvalue weighted by Crippen LogP contribution is 2.35. The van der Waals surface area contributed by atoms with Gasteiger partial charge in [-0.15, -0.1) is 0 Å². The first-order valence-corrected chi connectivity index (χ1v) is 9.62. The number of nitrogens with one attached hydrogen (secondary N) is 1. The number of sulfonamides is 1. The maximum absolute atomic E-state index is 12.6. The summed E-state index contributed by atoms with van der Waals surface area (Å²) in [4.78, 5) is 0.111. The average molecular weight is 414 g/mol. The van der Waals surface area contributed by atoms with E-state index in [4.69, 9.17) is 9.47 Å². The molecule has 2 aromatic rings. The molecule has 0 bridgehead atoms. The fraction of sp³-hybridized carbons (Fsp3) is 0.294. The predicted molar refractivity (Wildman–Crippen MR) is 97.3 cm³/mol. The van der Waals surface area contributed by atoms with Crippen molar-refractivity contribution in [3.8, 4) is 11.5 Å². The van der Waals surface area contributed by atoms with E-state index >= 15 is 0 Å². The minimum atomic E-state index is -3.68. The van der Waals surface area contributed by atoms with Gasteiger partial charge in [0.15, 0.2) is 11.5 Å². The molecule has 7 heteroatoms. The SMILES string of the molecule is COc1cc(Br)c(S(=O)(=O)NCC(C)c2ccccc2)cc1OC. The first-order valence-electron chi connectivity index (χ1n) is 7.35. The standard InChI is InChI=1S/C17H20BrNO4S/c1-12(13-7-5-4-6-8-13)11-19-24(20,21)17-10-16(23-3)15(22-2)9-14(17)18/h4-10,12,19H,11H2,1-3H3. The van der Waals surface area contributed by atoms with Crippen LogP contribution in [-0.4, -0.2) is 29.2 Å². The van der Waals surface area contributed by atoms with Crippen molar-refractivity contribution >= 4 is 26.0 Å². The van der Waals surface area contributed by atoms with Gasteiger partial charge in [0.25, 0.3) is 0 Å². The van der Waals surface area contributed by atoms with Gasteiger partial charge in [-0.05, 0) is 33.5 Å². The first kappa shape index (κ1) is 18.8. The van der Waals surface area contributed by atoms with E-state index < -0.39 is 10.0 Å². The molecule has 0 spiro atoms. The summed E-state index contributed by atoms with van der Waals surface area (Å²) in [6.45, 7) is 2.27. The Labute approximate surface area is 151 Å². The maximum atomic E-state index is 12.6. The van der Waals surface area contributed by atoms with E-state index in [0.717, 1.165) is 5.56 Å². The second-order valence-corrected chi connectivity index (χ2v) is 7.89. The zero-order chi connectivity index (χ0) is 17.7. The van der Waals surface area contributed by atoms with Crippen molar-refractivity contribution in [2.75, 3.05) is 20.8 Å². The van der Waals surface area contributed by atoms with Crippen LogP contribution in [0, 0.1) is 0 Å². The van der Waals surface area contributed by atoms with Crippen molar-refractivity contribution in [1.29, 1.82) is 0 Å². The summed E-state index contributed by atoms with van der Waals surface area (Å²) in [6.07, 6.45) is 0. The molecule has 5 nitrogen and oxygen atoms in total. The van der Waals surface area contributed by atoms with Gasteiger partial charge in [-0.3, -0.25) is 0 Å². The monoisotopic (exact) mass is 413 g/mol. The summed E-state index contributed by atoms with van der Waals surface area (Å²) in [5.41, 5.74) is 1.08. The Hall–Kier alpha value is -1.57. The molecular weight excluding hydrogens is 394 g/mol. The van der Waals surface area contributed by atoms with Gasteiger partial charge in [-0.1, -0.05) is 37.3 Å². The van der Waals surface area contributed by atoms with Gasteiger partial charge >= 0.3 is 0 Å². The quantitative estimate of drug-likeness (QED) is 0.753. The third kappa shape index (κ3) is 4.28. The third-order valence-corrected chi connectivity index (χ3v) is 6.06. The van der Waals surface area contributed by atoms with Crippen molar-refractivity contribution in [3.05, 3.63) is 52.5 Å². The average Bonchev–Trinajstić information content (AvgIpc) is 2.59. The number of halogens is 1. The summed E-state index contributed by atoms with van der Waals surface area (Å²) in [6, 6.07) is 12.8. The molecule has 1 atom stereocenters. The molecule has 1 unspecified atom stereocenters. The Kier molecular flexibility index (Phi) is 6.26. The Morgan fingerprint density at radius 2 is 1.67 bits per heavy atom. The molecule has 0 amide bonds. The molecule has 2 aromatic carbocycles. The van der Waals surface area contributed by atoms with Crippen LogP contribution in [0.15, 0.2) is 51.8 Å². The van der Waals surface area contributed by atoms with E-state index in [1.54, 1.807) is 6.07 Å². The Bertz CT molecular complexity index is 794.